The van der Waals surface area contributed by atoms with Gasteiger partial charge in [-0.15, -0.1) is 0 Å². The zero-order valence-electron chi connectivity index (χ0n) is 10.9. The normalized spacial score (nSPS) is 17.2. The molecule has 1 aromatic rings. The average Bonchev–Trinajstić information content (AvgIpc) is 2.47. The van der Waals surface area contributed by atoms with Crippen LogP contribution in [0.25, 0.3) is 0 Å². The third-order valence-electron chi connectivity index (χ3n) is 3.18. The number of hydrogen-bond acceptors (Lipinski definition) is 5. The third kappa shape index (κ3) is 3.21. The molecule has 1 aromatic heterocycles. The lowest BCUT2D eigenvalue weighted by Crippen LogP contribution is -2.50. The maximum Gasteiger partial charge on any atom is 0.257 e. The highest BCUT2D eigenvalue weighted by atomic mass is 19.1. The minimum absolute atomic E-state index is 0.0323. The number of amides is 1. The third-order valence-corrected chi connectivity index (χ3v) is 3.18. The van der Waals surface area contributed by atoms with Gasteiger partial charge in [-0.1, -0.05) is 5.16 Å². The molecule has 1 aliphatic rings. The smallest absolute Gasteiger partial charge is 0.257 e. The number of halogens is 1. The van der Waals surface area contributed by atoms with Crippen molar-refractivity contribution in [1.29, 1.82) is 0 Å². The summed E-state index contributed by atoms with van der Waals surface area (Å²) in [6.07, 6.45) is 2.42. The molecule has 1 aliphatic heterocycles. The number of oxime groups is 1. The summed E-state index contributed by atoms with van der Waals surface area (Å²) in [5.41, 5.74) is 5.46. The number of amidine groups is 1. The Hall–Kier alpha value is -2.22. The van der Waals surface area contributed by atoms with Crippen molar-refractivity contribution in [2.45, 2.75) is 0 Å². The summed E-state index contributed by atoms with van der Waals surface area (Å²) in [5.74, 6) is -0.824. The molecule has 0 aromatic carbocycles. The second-order valence-electron chi connectivity index (χ2n) is 4.52. The van der Waals surface area contributed by atoms with Gasteiger partial charge >= 0.3 is 0 Å². The quantitative estimate of drug-likeness (QED) is 0.344. The van der Waals surface area contributed by atoms with Gasteiger partial charge in [0.05, 0.1) is 18.3 Å². The van der Waals surface area contributed by atoms with E-state index < -0.39 is 5.82 Å². The van der Waals surface area contributed by atoms with Crippen LogP contribution in [0.1, 0.15) is 10.4 Å². The van der Waals surface area contributed by atoms with Crippen molar-refractivity contribution in [2.75, 3.05) is 32.7 Å². The fraction of sp³-hybridized carbons (Fsp3) is 0.417. The first-order valence-electron chi connectivity index (χ1n) is 6.19. The Labute approximate surface area is 115 Å². The zero-order valence-corrected chi connectivity index (χ0v) is 10.9. The highest BCUT2D eigenvalue weighted by Gasteiger charge is 2.24. The van der Waals surface area contributed by atoms with Crippen molar-refractivity contribution < 1.29 is 14.4 Å². The fourth-order valence-corrected chi connectivity index (χ4v) is 2.09. The lowest BCUT2D eigenvalue weighted by molar-refractivity contribution is 0.0648. The molecule has 7 nitrogen and oxygen atoms in total. The molecule has 8 heteroatoms. The monoisotopic (exact) mass is 281 g/mol. The Morgan fingerprint density at radius 2 is 2.15 bits per heavy atom. The van der Waals surface area contributed by atoms with E-state index in [0.29, 0.717) is 32.7 Å². The number of carbonyl (C=O) groups is 1. The lowest BCUT2D eigenvalue weighted by atomic mass is 10.2. The van der Waals surface area contributed by atoms with Crippen LogP contribution >= 0.6 is 0 Å². The van der Waals surface area contributed by atoms with Gasteiger partial charge in [-0.05, 0) is 6.07 Å². The van der Waals surface area contributed by atoms with E-state index in [1.807, 2.05) is 4.90 Å². The van der Waals surface area contributed by atoms with Crippen LogP contribution in [0.15, 0.2) is 23.6 Å². The first-order valence-corrected chi connectivity index (χ1v) is 6.19. The van der Waals surface area contributed by atoms with Crippen molar-refractivity contribution in [1.82, 2.24) is 14.8 Å². The summed E-state index contributed by atoms with van der Waals surface area (Å²) in [4.78, 5) is 19.3. The molecule has 1 fully saturated rings. The summed E-state index contributed by atoms with van der Waals surface area (Å²) in [7, 11) is 0. The van der Waals surface area contributed by atoms with Gasteiger partial charge in [-0.3, -0.25) is 14.7 Å². The van der Waals surface area contributed by atoms with Gasteiger partial charge in [0.1, 0.15) is 0 Å². The lowest BCUT2D eigenvalue weighted by Gasteiger charge is -2.34. The Bertz CT molecular complexity index is 514. The molecule has 2 rings (SSSR count). The molecule has 0 unspecified atom stereocenters. The van der Waals surface area contributed by atoms with Gasteiger partial charge in [-0.25, -0.2) is 4.39 Å². The Morgan fingerprint density at radius 3 is 2.75 bits per heavy atom. The highest BCUT2D eigenvalue weighted by Crippen LogP contribution is 2.11. The van der Waals surface area contributed by atoms with Crippen molar-refractivity contribution >= 4 is 11.7 Å². The van der Waals surface area contributed by atoms with Gasteiger partial charge in [0.15, 0.2) is 11.7 Å². The van der Waals surface area contributed by atoms with Gasteiger partial charge in [0.25, 0.3) is 5.91 Å². The van der Waals surface area contributed by atoms with E-state index in [9.17, 15) is 9.18 Å². The van der Waals surface area contributed by atoms with Crippen LogP contribution < -0.4 is 5.73 Å². The summed E-state index contributed by atoms with van der Waals surface area (Å²) in [6.45, 7) is 2.48. The number of rotatable bonds is 3. The SMILES string of the molecule is NC(CN1CCN(C(=O)c2ccncc2F)CC1)=NO. The van der Waals surface area contributed by atoms with E-state index >= 15 is 0 Å². The number of nitrogens with two attached hydrogens (primary N) is 1. The zero-order chi connectivity index (χ0) is 14.5. The first-order chi connectivity index (χ1) is 9.61. The number of pyridine rings is 1. The van der Waals surface area contributed by atoms with Crippen molar-refractivity contribution in [3.05, 3.63) is 29.8 Å². The van der Waals surface area contributed by atoms with E-state index in [0.717, 1.165) is 6.20 Å². The molecule has 0 bridgehead atoms. The van der Waals surface area contributed by atoms with E-state index in [1.165, 1.54) is 12.3 Å². The Morgan fingerprint density at radius 1 is 1.45 bits per heavy atom. The largest absolute Gasteiger partial charge is 0.409 e. The molecular weight excluding hydrogens is 265 g/mol. The molecule has 108 valence electrons. The van der Waals surface area contributed by atoms with Gasteiger partial charge in [0.2, 0.25) is 0 Å². The van der Waals surface area contributed by atoms with Crippen LogP contribution in [-0.2, 0) is 0 Å². The molecule has 3 N–H and O–H groups in total. The minimum atomic E-state index is -0.614. The molecule has 0 aliphatic carbocycles. The Balaban J connectivity index is 1.94. The van der Waals surface area contributed by atoms with Gasteiger partial charge < -0.3 is 15.8 Å². The maximum absolute atomic E-state index is 13.5. The van der Waals surface area contributed by atoms with Gasteiger partial charge in [-0.2, -0.15) is 0 Å². The Kier molecular flexibility index (Phi) is 4.46. The van der Waals surface area contributed by atoms with E-state index in [4.69, 9.17) is 10.9 Å². The molecule has 0 atom stereocenters. The van der Waals surface area contributed by atoms with Crippen molar-refractivity contribution in [3.63, 3.8) is 0 Å². The standard InChI is InChI=1S/C12H16FN5O2/c13-10-7-15-2-1-9(10)12(19)18-5-3-17(4-6-18)8-11(14)16-20/h1-2,7,20H,3-6,8H2,(H2,14,16). The minimum Gasteiger partial charge on any atom is -0.409 e. The number of aromatic nitrogens is 1. The highest BCUT2D eigenvalue weighted by molar-refractivity contribution is 5.94. The number of nitrogens with zero attached hydrogens (tertiary/aromatic N) is 4. The van der Waals surface area contributed by atoms with E-state index in [1.54, 1.807) is 4.90 Å². The summed E-state index contributed by atoms with van der Waals surface area (Å²) in [6, 6.07) is 1.38. The van der Waals surface area contributed by atoms with Crippen LogP contribution in [-0.4, -0.2) is 64.5 Å². The van der Waals surface area contributed by atoms with Crippen molar-refractivity contribution in [2.24, 2.45) is 10.9 Å². The van der Waals surface area contributed by atoms with Crippen LogP contribution in [0.2, 0.25) is 0 Å². The van der Waals surface area contributed by atoms with Crippen molar-refractivity contribution in [3.8, 4) is 0 Å². The van der Waals surface area contributed by atoms with Crippen LogP contribution in [0.5, 0.6) is 0 Å². The first kappa shape index (κ1) is 14.2. The van der Waals surface area contributed by atoms with Crippen LogP contribution in [0, 0.1) is 5.82 Å². The topological polar surface area (TPSA) is 95.0 Å². The molecular formula is C12H16FN5O2. The summed E-state index contributed by atoms with van der Waals surface area (Å²) >= 11 is 0. The molecule has 1 saturated heterocycles. The van der Waals surface area contributed by atoms with E-state index in [-0.39, 0.29) is 17.3 Å². The van der Waals surface area contributed by atoms with Crippen LogP contribution in [0.4, 0.5) is 4.39 Å². The molecule has 0 radical (unpaired) electrons. The second kappa shape index (κ2) is 6.29. The van der Waals surface area contributed by atoms with E-state index in [2.05, 4.69) is 10.1 Å². The number of carbonyl (C=O) groups excluding carboxylic acids is 1. The molecule has 2 heterocycles. The molecule has 1 amide bonds. The molecule has 20 heavy (non-hydrogen) atoms. The molecule has 0 spiro atoms. The predicted molar refractivity (Wildman–Crippen MR) is 69.9 cm³/mol. The van der Waals surface area contributed by atoms with Crippen LogP contribution in [0.3, 0.4) is 0 Å². The maximum atomic E-state index is 13.5. The average molecular weight is 281 g/mol. The fourth-order valence-electron chi connectivity index (χ4n) is 2.09. The summed E-state index contributed by atoms with van der Waals surface area (Å²) < 4.78 is 13.5. The summed E-state index contributed by atoms with van der Waals surface area (Å²) in [5, 5.41) is 11.4. The molecule has 0 saturated carbocycles. The predicted octanol–water partition coefficient (Wildman–Crippen LogP) is -0.275. The van der Waals surface area contributed by atoms with Gasteiger partial charge in [0, 0.05) is 32.4 Å². The number of piperazine rings is 1. The second-order valence-corrected chi connectivity index (χ2v) is 4.52. The number of hydrogen-bond donors (Lipinski definition) is 2.